The van der Waals surface area contributed by atoms with Crippen molar-refractivity contribution in [2.45, 2.75) is 56.6 Å². The molecule has 148 valence electrons. The molecule has 3 N–H and O–H groups in total. The minimum absolute atomic E-state index is 0.0318. The van der Waals surface area contributed by atoms with Crippen molar-refractivity contribution in [1.82, 2.24) is 15.5 Å². The van der Waals surface area contributed by atoms with Gasteiger partial charge < -0.3 is 20.6 Å². The molecule has 27 heavy (non-hydrogen) atoms. The van der Waals surface area contributed by atoms with Gasteiger partial charge in [-0.3, -0.25) is 4.79 Å². The van der Waals surface area contributed by atoms with E-state index in [2.05, 4.69) is 10.6 Å². The van der Waals surface area contributed by atoms with Gasteiger partial charge in [-0.05, 0) is 37.8 Å². The Morgan fingerprint density at radius 3 is 2.48 bits per heavy atom. The molecule has 0 spiro atoms. The van der Waals surface area contributed by atoms with Crippen LogP contribution in [0, 0.1) is 5.82 Å². The summed E-state index contributed by atoms with van der Waals surface area (Å²) in [6.07, 6.45) is 5.82. The first kappa shape index (κ1) is 19.6. The Bertz CT molecular complexity index is 668. The number of nitrogens with one attached hydrogen (secondary N) is 2. The molecule has 0 bridgehead atoms. The smallest absolute Gasteiger partial charge is 0.315 e. The molecule has 1 aromatic carbocycles. The highest BCUT2D eigenvalue weighted by molar-refractivity contribution is 5.94. The van der Waals surface area contributed by atoms with Crippen molar-refractivity contribution < 1.29 is 19.1 Å². The lowest BCUT2D eigenvalue weighted by Gasteiger charge is -2.34. The number of amides is 3. The van der Waals surface area contributed by atoms with E-state index in [-0.39, 0.29) is 30.1 Å². The number of hydrogen-bond acceptors (Lipinski definition) is 3. The first-order valence-corrected chi connectivity index (χ1v) is 9.77. The lowest BCUT2D eigenvalue weighted by molar-refractivity contribution is 0.00704. The second kappa shape index (κ2) is 8.69. The molecule has 0 radical (unpaired) electrons. The summed E-state index contributed by atoms with van der Waals surface area (Å²) in [6.45, 7) is 1.22. The Morgan fingerprint density at radius 1 is 1.15 bits per heavy atom. The van der Waals surface area contributed by atoms with Gasteiger partial charge in [0.25, 0.3) is 5.91 Å². The van der Waals surface area contributed by atoms with Gasteiger partial charge in [0.2, 0.25) is 0 Å². The zero-order valence-electron chi connectivity index (χ0n) is 15.5. The van der Waals surface area contributed by atoms with Crippen LogP contribution in [-0.4, -0.2) is 53.2 Å². The zero-order chi connectivity index (χ0) is 19.3. The lowest BCUT2D eigenvalue weighted by Crippen LogP contribution is -2.52. The third-order valence-electron chi connectivity index (χ3n) is 5.58. The Labute approximate surface area is 159 Å². The van der Waals surface area contributed by atoms with Crippen LogP contribution in [0.5, 0.6) is 0 Å². The summed E-state index contributed by atoms with van der Waals surface area (Å²) in [5.74, 6) is -0.821. The molecular formula is C20H28FN3O3. The maximum absolute atomic E-state index is 13.8. The molecule has 0 aromatic heterocycles. The molecule has 1 saturated carbocycles. The van der Waals surface area contributed by atoms with E-state index in [4.69, 9.17) is 0 Å². The van der Waals surface area contributed by atoms with E-state index >= 15 is 0 Å². The van der Waals surface area contributed by atoms with Gasteiger partial charge in [-0.2, -0.15) is 0 Å². The minimum atomic E-state index is -0.787. The molecule has 7 heteroatoms. The summed E-state index contributed by atoms with van der Waals surface area (Å²) < 4.78 is 13.8. The maximum atomic E-state index is 13.8. The van der Waals surface area contributed by atoms with Gasteiger partial charge in [-0.1, -0.05) is 31.4 Å². The van der Waals surface area contributed by atoms with Crippen molar-refractivity contribution >= 4 is 11.9 Å². The molecule has 3 rings (SSSR count). The standard InChI is InChI=1S/C20H28FN3O3/c21-17-7-3-2-6-16(17)18(25)24-12-8-15(9-13-24)23-19(26)22-14-20(27)10-4-1-5-11-20/h2-3,6-7,15,27H,1,4-5,8-14H2,(H2,22,23,26). The quantitative estimate of drug-likeness (QED) is 0.754. The fourth-order valence-corrected chi connectivity index (χ4v) is 3.90. The first-order chi connectivity index (χ1) is 13.0. The van der Waals surface area contributed by atoms with Crippen LogP contribution in [-0.2, 0) is 0 Å². The van der Waals surface area contributed by atoms with Gasteiger partial charge in [-0.15, -0.1) is 0 Å². The number of benzene rings is 1. The number of piperidine rings is 1. The van der Waals surface area contributed by atoms with Gasteiger partial charge in [-0.25, -0.2) is 9.18 Å². The lowest BCUT2D eigenvalue weighted by atomic mass is 9.85. The fraction of sp³-hybridized carbons (Fsp3) is 0.600. The average Bonchev–Trinajstić information content (AvgIpc) is 2.68. The first-order valence-electron chi connectivity index (χ1n) is 9.77. The number of aliphatic hydroxyl groups is 1. The van der Waals surface area contributed by atoms with Gasteiger partial charge in [0.05, 0.1) is 11.2 Å². The highest BCUT2D eigenvalue weighted by Crippen LogP contribution is 2.27. The Kier molecular flexibility index (Phi) is 6.31. The third-order valence-corrected chi connectivity index (χ3v) is 5.58. The second-order valence-electron chi connectivity index (χ2n) is 7.66. The summed E-state index contributed by atoms with van der Waals surface area (Å²) in [5, 5.41) is 16.1. The molecule has 3 amide bonds. The molecule has 1 heterocycles. The number of nitrogens with zero attached hydrogens (tertiary/aromatic N) is 1. The van der Waals surface area contributed by atoms with Crippen molar-refractivity contribution in [3.63, 3.8) is 0 Å². The van der Waals surface area contributed by atoms with Crippen LogP contribution < -0.4 is 10.6 Å². The number of carbonyl (C=O) groups excluding carboxylic acids is 2. The zero-order valence-corrected chi connectivity index (χ0v) is 15.5. The predicted octanol–water partition coefficient (Wildman–Crippen LogP) is 2.42. The van der Waals surface area contributed by atoms with Crippen molar-refractivity contribution in [2.75, 3.05) is 19.6 Å². The average molecular weight is 377 g/mol. The van der Waals surface area contributed by atoms with Crippen LogP contribution >= 0.6 is 0 Å². The molecule has 6 nitrogen and oxygen atoms in total. The molecule has 0 unspecified atom stereocenters. The number of rotatable bonds is 4. The fourth-order valence-electron chi connectivity index (χ4n) is 3.90. The summed E-state index contributed by atoms with van der Waals surface area (Å²) in [4.78, 5) is 26.2. The van der Waals surface area contributed by atoms with E-state index in [1.165, 1.54) is 12.1 Å². The Morgan fingerprint density at radius 2 is 1.81 bits per heavy atom. The molecule has 2 aliphatic rings. The Balaban J connectivity index is 1.42. The number of halogens is 1. The van der Waals surface area contributed by atoms with E-state index in [9.17, 15) is 19.1 Å². The van der Waals surface area contributed by atoms with Gasteiger partial charge in [0.1, 0.15) is 5.82 Å². The molecule has 1 aliphatic heterocycles. The van der Waals surface area contributed by atoms with Crippen molar-refractivity contribution in [1.29, 1.82) is 0 Å². The topological polar surface area (TPSA) is 81.7 Å². The summed E-state index contributed by atoms with van der Waals surface area (Å²) in [7, 11) is 0. The minimum Gasteiger partial charge on any atom is -0.388 e. The van der Waals surface area contributed by atoms with Crippen LogP contribution in [0.15, 0.2) is 24.3 Å². The van der Waals surface area contributed by atoms with Crippen LogP contribution in [0.4, 0.5) is 9.18 Å². The largest absolute Gasteiger partial charge is 0.388 e. The summed E-state index contributed by atoms with van der Waals surface area (Å²) in [5.41, 5.74) is -0.701. The van der Waals surface area contributed by atoms with Gasteiger partial charge >= 0.3 is 6.03 Å². The van der Waals surface area contributed by atoms with E-state index in [0.29, 0.717) is 25.9 Å². The molecule has 0 atom stereocenters. The van der Waals surface area contributed by atoms with Gasteiger partial charge in [0.15, 0.2) is 0 Å². The molecule has 1 aliphatic carbocycles. The number of urea groups is 1. The van der Waals surface area contributed by atoms with Gasteiger partial charge in [0, 0.05) is 25.7 Å². The monoisotopic (exact) mass is 377 g/mol. The van der Waals surface area contributed by atoms with Crippen LogP contribution in [0.3, 0.4) is 0 Å². The molecule has 2 fully saturated rings. The Hall–Kier alpha value is -2.15. The van der Waals surface area contributed by atoms with Crippen molar-refractivity contribution in [3.8, 4) is 0 Å². The molecule has 1 aromatic rings. The predicted molar refractivity (Wildman–Crippen MR) is 99.9 cm³/mol. The molecular weight excluding hydrogens is 349 g/mol. The number of carbonyl (C=O) groups is 2. The highest BCUT2D eigenvalue weighted by atomic mass is 19.1. The molecule has 1 saturated heterocycles. The van der Waals surface area contributed by atoms with Crippen LogP contribution in [0.1, 0.15) is 55.3 Å². The summed E-state index contributed by atoms with van der Waals surface area (Å²) >= 11 is 0. The van der Waals surface area contributed by atoms with Crippen LogP contribution in [0.25, 0.3) is 0 Å². The van der Waals surface area contributed by atoms with Crippen LogP contribution in [0.2, 0.25) is 0 Å². The SMILES string of the molecule is O=C(NCC1(O)CCCCC1)NC1CCN(C(=O)c2ccccc2F)CC1. The van der Waals surface area contributed by atoms with E-state index in [1.54, 1.807) is 17.0 Å². The van der Waals surface area contributed by atoms with Crippen molar-refractivity contribution in [2.24, 2.45) is 0 Å². The number of hydrogen-bond donors (Lipinski definition) is 3. The second-order valence-corrected chi connectivity index (χ2v) is 7.66. The van der Waals surface area contributed by atoms with E-state index in [1.807, 2.05) is 0 Å². The third kappa shape index (κ3) is 5.19. The maximum Gasteiger partial charge on any atom is 0.315 e. The highest BCUT2D eigenvalue weighted by Gasteiger charge is 2.30. The summed E-state index contributed by atoms with van der Waals surface area (Å²) in [6, 6.07) is 5.67. The van der Waals surface area contributed by atoms with E-state index < -0.39 is 11.4 Å². The van der Waals surface area contributed by atoms with Crippen molar-refractivity contribution in [3.05, 3.63) is 35.6 Å². The normalized spacial score (nSPS) is 20.1. The number of likely N-dealkylation sites (tertiary alicyclic amines) is 1. The van der Waals surface area contributed by atoms with E-state index in [0.717, 1.165) is 32.1 Å².